The maximum atomic E-state index is 13.1. The quantitative estimate of drug-likeness (QED) is 0.649. The van der Waals surface area contributed by atoms with Crippen LogP contribution in [-0.4, -0.2) is 43.5 Å². The van der Waals surface area contributed by atoms with Gasteiger partial charge in [0, 0.05) is 19.5 Å². The number of nitrogens with one attached hydrogen (secondary N) is 1. The average Bonchev–Trinajstić information content (AvgIpc) is 2.76. The van der Waals surface area contributed by atoms with E-state index in [0.717, 1.165) is 16.7 Å². The summed E-state index contributed by atoms with van der Waals surface area (Å²) in [5, 5.41) is 2.81. The van der Waals surface area contributed by atoms with Gasteiger partial charge in [-0.25, -0.2) is 0 Å². The van der Waals surface area contributed by atoms with Crippen LogP contribution in [0.4, 0.5) is 0 Å². The molecular weight excluding hydrogens is 380 g/mol. The highest BCUT2D eigenvalue weighted by molar-refractivity contribution is 5.87. The third kappa shape index (κ3) is 6.24. The molecule has 0 bridgehead atoms. The van der Waals surface area contributed by atoms with Crippen LogP contribution in [0.3, 0.4) is 0 Å². The molecule has 30 heavy (non-hydrogen) atoms. The Morgan fingerprint density at radius 1 is 1.00 bits per heavy atom. The molecule has 6 heteroatoms. The second-order valence-corrected chi connectivity index (χ2v) is 7.27. The molecular formula is C24H32N2O4. The summed E-state index contributed by atoms with van der Waals surface area (Å²) in [5.74, 6) is 1.07. The largest absolute Gasteiger partial charge is 0.493 e. The van der Waals surface area contributed by atoms with Gasteiger partial charge in [-0.05, 0) is 50.5 Å². The Kier molecular flexibility index (Phi) is 8.71. The Hall–Kier alpha value is -3.02. The molecule has 162 valence electrons. The standard InChI is InChI=1S/C24H32N2O4/c1-6-25-24(28)18(3)26(16-20-9-7-17(2)8-10-20)23(27)14-12-19-11-13-21(29-4)22(15-19)30-5/h7-11,13,15,18H,6,12,14,16H2,1-5H3,(H,25,28)/t18-/m1/s1. The number of benzene rings is 2. The van der Waals surface area contributed by atoms with Crippen LogP contribution in [0, 0.1) is 6.92 Å². The summed E-state index contributed by atoms with van der Waals surface area (Å²) in [7, 11) is 3.18. The van der Waals surface area contributed by atoms with Crippen LogP contribution in [0.5, 0.6) is 11.5 Å². The van der Waals surface area contributed by atoms with Gasteiger partial charge in [0.15, 0.2) is 11.5 Å². The van der Waals surface area contributed by atoms with Crippen LogP contribution < -0.4 is 14.8 Å². The van der Waals surface area contributed by atoms with Crippen molar-refractivity contribution < 1.29 is 19.1 Å². The van der Waals surface area contributed by atoms with E-state index in [1.165, 1.54) is 0 Å². The van der Waals surface area contributed by atoms with E-state index >= 15 is 0 Å². The molecule has 0 aliphatic rings. The Labute approximate surface area is 179 Å². The molecule has 0 radical (unpaired) electrons. The Bertz CT molecular complexity index is 849. The molecule has 1 N–H and O–H groups in total. The number of carbonyl (C=O) groups excluding carboxylic acids is 2. The summed E-state index contributed by atoms with van der Waals surface area (Å²) in [6.07, 6.45) is 0.844. The van der Waals surface area contributed by atoms with Crippen molar-refractivity contribution in [2.75, 3.05) is 20.8 Å². The first-order valence-electron chi connectivity index (χ1n) is 10.2. The number of ether oxygens (including phenoxy) is 2. The van der Waals surface area contributed by atoms with Gasteiger partial charge in [0.25, 0.3) is 0 Å². The lowest BCUT2D eigenvalue weighted by molar-refractivity contribution is -0.140. The molecule has 0 aliphatic heterocycles. The zero-order chi connectivity index (χ0) is 22.1. The number of aryl methyl sites for hydroxylation is 2. The summed E-state index contributed by atoms with van der Waals surface area (Å²) < 4.78 is 10.6. The number of hydrogen-bond donors (Lipinski definition) is 1. The van der Waals surface area contributed by atoms with Crippen LogP contribution in [0.1, 0.15) is 37.0 Å². The number of likely N-dealkylation sites (N-methyl/N-ethyl adjacent to an activating group) is 1. The maximum Gasteiger partial charge on any atom is 0.242 e. The topological polar surface area (TPSA) is 67.9 Å². The second kappa shape index (κ2) is 11.2. The van der Waals surface area contributed by atoms with Crippen molar-refractivity contribution in [2.45, 2.75) is 46.2 Å². The summed E-state index contributed by atoms with van der Waals surface area (Å²) in [6, 6.07) is 13.1. The third-order valence-electron chi connectivity index (χ3n) is 5.07. The number of methoxy groups -OCH3 is 2. The SMILES string of the molecule is CCNC(=O)[C@@H](C)N(Cc1ccc(C)cc1)C(=O)CCc1ccc(OC)c(OC)c1. The Morgan fingerprint density at radius 2 is 1.63 bits per heavy atom. The van der Waals surface area contributed by atoms with Gasteiger partial charge in [-0.15, -0.1) is 0 Å². The molecule has 2 aromatic carbocycles. The summed E-state index contributed by atoms with van der Waals surface area (Å²) in [4.78, 5) is 27.2. The first kappa shape index (κ1) is 23.3. The van der Waals surface area contributed by atoms with Crippen LogP contribution in [0.25, 0.3) is 0 Å². The normalized spacial score (nSPS) is 11.5. The van der Waals surface area contributed by atoms with Gasteiger partial charge in [-0.1, -0.05) is 35.9 Å². The average molecular weight is 413 g/mol. The van der Waals surface area contributed by atoms with Crippen LogP contribution in [0.15, 0.2) is 42.5 Å². The van der Waals surface area contributed by atoms with Crippen molar-refractivity contribution in [3.8, 4) is 11.5 Å². The lowest BCUT2D eigenvalue weighted by Gasteiger charge is -2.29. The summed E-state index contributed by atoms with van der Waals surface area (Å²) >= 11 is 0. The van der Waals surface area contributed by atoms with Crippen molar-refractivity contribution in [3.05, 3.63) is 59.2 Å². The molecule has 0 unspecified atom stereocenters. The lowest BCUT2D eigenvalue weighted by Crippen LogP contribution is -2.47. The number of hydrogen-bond acceptors (Lipinski definition) is 4. The van der Waals surface area contributed by atoms with Gasteiger partial charge >= 0.3 is 0 Å². The van der Waals surface area contributed by atoms with Gasteiger partial charge in [0.2, 0.25) is 11.8 Å². The number of nitrogens with zero attached hydrogens (tertiary/aromatic N) is 1. The monoisotopic (exact) mass is 412 g/mol. The van der Waals surface area contributed by atoms with E-state index in [4.69, 9.17) is 9.47 Å². The van der Waals surface area contributed by atoms with Gasteiger partial charge in [0.05, 0.1) is 14.2 Å². The van der Waals surface area contributed by atoms with E-state index in [0.29, 0.717) is 37.4 Å². The van der Waals surface area contributed by atoms with Crippen LogP contribution in [-0.2, 0) is 22.6 Å². The zero-order valence-corrected chi connectivity index (χ0v) is 18.5. The minimum atomic E-state index is -0.552. The van der Waals surface area contributed by atoms with Gasteiger partial charge in [0.1, 0.15) is 6.04 Å². The highest BCUT2D eigenvalue weighted by Gasteiger charge is 2.25. The Morgan fingerprint density at radius 3 is 2.23 bits per heavy atom. The molecule has 2 rings (SSSR count). The zero-order valence-electron chi connectivity index (χ0n) is 18.5. The number of rotatable bonds is 10. The molecule has 0 saturated carbocycles. The van der Waals surface area contributed by atoms with Gasteiger partial charge < -0.3 is 19.7 Å². The highest BCUT2D eigenvalue weighted by Crippen LogP contribution is 2.28. The lowest BCUT2D eigenvalue weighted by atomic mass is 10.1. The molecule has 0 saturated heterocycles. The van der Waals surface area contributed by atoms with Gasteiger partial charge in [-0.3, -0.25) is 9.59 Å². The predicted molar refractivity (Wildman–Crippen MR) is 118 cm³/mol. The minimum absolute atomic E-state index is 0.0656. The van der Waals surface area contributed by atoms with Crippen LogP contribution >= 0.6 is 0 Å². The third-order valence-corrected chi connectivity index (χ3v) is 5.07. The molecule has 0 spiro atoms. The molecule has 0 fully saturated rings. The highest BCUT2D eigenvalue weighted by atomic mass is 16.5. The van der Waals surface area contributed by atoms with E-state index in [1.807, 2.05) is 56.3 Å². The van der Waals surface area contributed by atoms with E-state index < -0.39 is 6.04 Å². The summed E-state index contributed by atoms with van der Waals surface area (Å²) in [5.41, 5.74) is 3.13. The smallest absolute Gasteiger partial charge is 0.242 e. The van der Waals surface area contributed by atoms with E-state index in [9.17, 15) is 9.59 Å². The maximum absolute atomic E-state index is 13.1. The molecule has 0 aromatic heterocycles. The van der Waals surface area contributed by atoms with Gasteiger partial charge in [-0.2, -0.15) is 0 Å². The van der Waals surface area contributed by atoms with Crippen LogP contribution in [0.2, 0.25) is 0 Å². The molecule has 1 atom stereocenters. The Balaban J connectivity index is 2.15. The van der Waals surface area contributed by atoms with Crippen molar-refractivity contribution >= 4 is 11.8 Å². The fraction of sp³-hybridized carbons (Fsp3) is 0.417. The predicted octanol–water partition coefficient (Wildman–Crippen LogP) is 3.50. The molecule has 2 aromatic rings. The van der Waals surface area contributed by atoms with Crippen molar-refractivity contribution in [1.82, 2.24) is 10.2 Å². The fourth-order valence-corrected chi connectivity index (χ4v) is 3.23. The molecule has 0 heterocycles. The molecule has 2 amide bonds. The van der Waals surface area contributed by atoms with Crippen molar-refractivity contribution in [2.24, 2.45) is 0 Å². The first-order chi connectivity index (χ1) is 14.4. The van der Waals surface area contributed by atoms with E-state index in [-0.39, 0.29) is 11.8 Å². The van der Waals surface area contributed by atoms with Crippen molar-refractivity contribution in [3.63, 3.8) is 0 Å². The number of amides is 2. The molecule has 0 aliphatic carbocycles. The van der Waals surface area contributed by atoms with Crippen molar-refractivity contribution in [1.29, 1.82) is 0 Å². The minimum Gasteiger partial charge on any atom is -0.493 e. The first-order valence-corrected chi connectivity index (χ1v) is 10.2. The molecule has 6 nitrogen and oxygen atoms in total. The second-order valence-electron chi connectivity index (χ2n) is 7.27. The van der Waals surface area contributed by atoms with E-state index in [1.54, 1.807) is 26.0 Å². The number of carbonyl (C=O) groups is 2. The summed E-state index contributed by atoms with van der Waals surface area (Å²) in [6.45, 7) is 6.58. The fourth-order valence-electron chi connectivity index (χ4n) is 3.23. The van der Waals surface area contributed by atoms with E-state index in [2.05, 4.69) is 5.32 Å².